The van der Waals surface area contributed by atoms with Crippen LogP contribution in [-0.4, -0.2) is 30.5 Å². The van der Waals surface area contributed by atoms with E-state index in [1.807, 2.05) is 24.8 Å². The molecule has 5 rings (SSSR count). The molecule has 1 fully saturated rings. The third-order valence-electron chi connectivity index (χ3n) is 7.77. The Labute approximate surface area is 209 Å². The molecule has 0 spiro atoms. The molecular formula is C31H37NO3. The lowest BCUT2D eigenvalue weighted by Gasteiger charge is -2.31. The Kier molecular flexibility index (Phi) is 6.99. The number of nitrogens with zero attached hydrogens (tertiary/aromatic N) is 1. The Morgan fingerprint density at radius 2 is 1.89 bits per heavy atom. The van der Waals surface area contributed by atoms with Crippen molar-refractivity contribution in [2.75, 3.05) is 19.7 Å². The van der Waals surface area contributed by atoms with Gasteiger partial charge in [0.05, 0.1) is 6.61 Å². The van der Waals surface area contributed by atoms with E-state index in [0.717, 1.165) is 79.0 Å². The minimum absolute atomic E-state index is 0.107. The number of hydrogen-bond acceptors (Lipinski definition) is 3. The molecule has 1 aliphatic heterocycles. The van der Waals surface area contributed by atoms with Gasteiger partial charge in [-0.1, -0.05) is 30.3 Å². The third kappa shape index (κ3) is 4.89. The molecule has 0 bridgehead atoms. The predicted octanol–water partition coefficient (Wildman–Crippen LogP) is 6.90. The van der Waals surface area contributed by atoms with Gasteiger partial charge < -0.3 is 14.1 Å². The molecule has 184 valence electrons. The summed E-state index contributed by atoms with van der Waals surface area (Å²) in [6, 6.07) is 12.9. The maximum absolute atomic E-state index is 13.2. The maximum atomic E-state index is 13.2. The van der Waals surface area contributed by atoms with Gasteiger partial charge in [0.1, 0.15) is 17.1 Å². The van der Waals surface area contributed by atoms with Gasteiger partial charge in [0.25, 0.3) is 0 Å². The summed E-state index contributed by atoms with van der Waals surface area (Å²) in [5, 5.41) is 1.19. The molecule has 2 heterocycles. The first-order valence-corrected chi connectivity index (χ1v) is 13.3. The van der Waals surface area contributed by atoms with Crippen LogP contribution in [0.5, 0.6) is 5.75 Å². The van der Waals surface area contributed by atoms with Gasteiger partial charge in [-0.25, -0.2) is 0 Å². The Hall–Kier alpha value is -3.01. The first kappa shape index (κ1) is 23.7. The number of furan rings is 1. The second-order valence-corrected chi connectivity index (χ2v) is 10.2. The molecule has 0 radical (unpaired) electrons. The van der Waals surface area contributed by atoms with Gasteiger partial charge in [0, 0.05) is 47.7 Å². The van der Waals surface area contributed by atoms with Crippen molar-refractivity contribution in [2.24, 2.45) is 5.92 Å². The molecule has 0 unspecified atom stereocenters. The highest BCUT2D eigenvalue weighted by molar-refractivity contribution is 5.98. The van der Waals surface area contributed by atoms with Crippen molar-refractivity contribution >= 4 is 22.4 Å². The monoisotopic (exact) mass is 471 g/mol. The van der Waals surface area contributed by atoms with Crippen LogP contribution < -0.4 is 4.74 Å². The van der Waals surface area contributed by atoms with E-state index in [0.29, 0.717) is 12.5 Å². The Morgan fingerprint density at radius 3 is 2.63 bits per heavy atom. The number of carbonyl (C=O) groups excluding carboxylic acids is 1. The fraction of sp³-hybridized carbons (Fsp3) is 0.452. The van der Waals surface area contributed by atoms with Crippen LogP contribution in [-0.2, 0) is 24.1 Å². The molecule has 2 aliphatic rings. The fourth-order valence-corrected chi connectivity index (χ4v) is 5.82. The molecule has 4 nitrogen and oxygen atoms in total. The van der Waals surface area contributed by atoms with E-state index in [4.69, 9.17) is 9.15 Å². The van der Waals surface area contributed by atoms with E-state index >= 15 is 0 Å². The van der Waals surface area contributed by atoms with Crippen LogP contribution in [0.4, 0.5) is 0 Å². The number of aryl methyl sites for hydroxylation is 3. The molecule has 3 aromatic rings. The van der Waals surface area contributed by atoms with E-state index in [-0.39, 0.29) is 5.91 Å². The van der Waals surface area contributed by atoms with Crippen molar-refractivity contribution in [3.8, 4) is 5.75 Å². The molecule has 0 N–H and O–H groups in total. The van der Waals surface area contributed by atoms with Crippen molar-refractivity contribution in [1.82, 2.24) is 4.90 Å². The van der Waals surface area contributed by atoms with E-state index in [9.17, 15) is 4.79 Å². The normalized spacial score (nSPS) is 17.0. The summed E-state index contributed by atoms with van der Waals surface area (Å²) >= 11 is 0. The Bertz CT molecular complexity index is 1230. The predicted molar refractivity (Wildman–Crippen MR) is 142 cm³/mol. The van der Waals surface area contributed by atoms with Gasteiger partial charge in [-0.2, -0.15) is 0 Å². The van der Waals surface area contributed by atoms with Crippen molar-refractivity contribution in [1.29, 1.82) is 0 Å². The number of ether oxygens (including phenoxy) is 1. The lowest BCUT2D eigenvalue weighted by atomic mass is 9.90. The lowest BCUT2D eigenvalue weighted by Crippen LogP contribution is -2.38. The number of hydrogen-bond donors (Lipinski definition) is 0. The summed E-state index contributed by atoms with van der Waals surface area (Å²) < 4.78 is 12.4. The average Bonchev–Trinajstić information content (AvgIpc) is 3.26. The molecule has 0 atom stereocenters. The SMILES string of the molecule is CCOc1c(/C(C)=C/C(=O)N2CCC(Cc3ccccc3)CC2)cc2c3c(oc2c1C)CCCC3. The van der Waals surface area contributed by atoms with E-state index < -0.39 is 0 Å². The summed E-state index contributed by atoms with van der Waals surface area (Å²) in [5.41, 5.74) is 6.69. The van der Waals surface area contributed by atoms with E-state index in [2.05, 4.69) is 43.3 Å². The van der Waals surface area contributed by atoms with Crippen LogP contribution in [0.1, 0.15) is 67.5 Å². The number of allylic oxidation sites excluding steroid dienone is 1. The molecule has 2 aromatic carbocycles. The standard InChI is InChI=1S/C31H37NO3/c1-4-34-30-22(3)31-27(25-12-8-9-13-28(25)35-31)20-26(30)21(2)18-29(33)32-16-14-24(15-17-32)19-23-10-6-5-7-11-23/h5-7,10-11,18,20,24H,4,8-9,12-17,19H2,1-3H3/b21-18+. The molecule has 1 saturated heterocycles. The van der Waals surface area contributed by atoms with Crippen LogP contribution >= 0.6 is 0 Å². The van der Waals surface area contributed by atoms with Crippen LogP contribution in [0.3, 0.4) is 0 Å². The minimum atomic E-state index is 0.107. The second-order valence-electron chi connectivity index (χ2n) is 10.2. The zero-order chi connectivity index (χ0) is 24.4. The summed E-state index contributed by atoms with van der Waals surface area (Å²) in [7, 11) is 0. The highest BCUT2D eigenvalue weighted by atomic mass is 16.5. The zero-order valence-corrected chi connectivity index (χ0v) is 21.4. The van der Waals surface area contributed by atoms with Crippen molar-refractivity contribution in [3.05, 3.63) is 70.5 Å². The number of piperidine rings is 1. The highest BCUT2D eigenvalue weighted by Gasteiger charge is 2.25. The van der Waals surface area contributed by atoms with Crippen molar-refractivity contribution in [2.45, 2.75) is 65.7 Å². The first-order valence-electron chi connectivity index (χ1n) is 13.3. The maximum Gasteiger partial charge on any atom is 0.246 e. The number of carbonyl (C=O) groups is 1. The van der Waals surface area contributed by atoms with Gasteiger partial charge in [-0.05, 0) is 82.4 Å². The summed E-state index contributed by atoms with van der Waals surface area (Å²) in [4.78, 5) is 15.2. The number of likely N-dealkylation sites (tertiary alicyclic amines) is 1. The number of benzene rings is 2. The quantitative estimate of drug-likeness (QED) is 0.367. The Morgan fingerprint density at radius 1 is 1.14 bits per heavy atom. The van der Waals surface area contributed by atoms with Crippen molar-refractivity contribution in [3.63, 3.8) is 0 Å². The van der Waals surface area contributed by atoms with Crippen molar-refractivity contribution < 1.29 is 13.9 Å². The van der Waals surface area contributed by atoms with E-state index in [1.165, 1.54) is 29.4 Å². The Balaban J connectivity index is 1.35. The van der Waals surface area contributed by atoms with Gasteiger partial charge in [0.15, 0.2) is 0 Å². The summed E-state index contributed by atoms with van der Waals surface area (Å²) in [6.45, 7) is 8.35. The van der Waals surface area contributed by atoms with E-state index in [1.54, 1.807) is 0 Å². The topological polar surface area (TPSA) is 42.7 Å². The third-order valence-corrected chi connectivity index (χ3v) is 7.77. The van der Waals surface area contributed by atoms with Gasteiger partial charge in [0.2, 0.25) is 5.91 Å². The highest BCUT2D eigenvalue weighted by Crippen LogP contribution is 2.41. The molecule has 35 heavy (non-hydrogen) atoms. The number of amides is 1. The minimum Gasteiger partial charge on any atom is -0.493 e. The number of fused-ring (bicyclic) bond motifs is 3. The fourth-order valence-electron chi connectivity index (χ4n) is 5.82. The summed E-state index contributed by atoms with van der Waals surface area (Å²) in [5.74, 6) is 2.72. The molecular weight excluding hydrogens is 434 g/mol. The summed E-state index contributed by atoms with van der Waals surface area (Å²) in [6.07, 6.45) is 9.50. The molecule has 4 heteroatoms. The molecule has 1 aromatic heterocycles. The lowest BCUT2D eigenvalue weighted by molar-refractivity contribution is -0.127. The first-order chi connectivity index (χ1) is 17.0. The van der Waals surface area contributed by atoms with Crippen LogP contribution in [0.2, 0.25) is 0 Å². The smallest absolute Gasteiger partial charge is 0.246 e. The van der Waals surface area contributed by atoms with Crippen LogP contribution in [0, 0.1) is 12.8 Å². The largest absolute Gasteiger partial charge is 0.493 e. The van der Waals surface area contributed by atoms with Crippen LogP contribution in [0.15, 0.2) is 46.9 Å². The van der Waals surface area contributed by atoms with Gasteiger partial charge in [-0.15, -0.1) is 0 Å². The molecule has 0 saturated carbocycles. The average molecular weight is 472 g/mol. The molecule has 1 aliphatic carbocycles. The zero-order valence-electron chi connectivity index (χ0n) is 21.4. The van der Waals surface area contributed by atoms with Gasteiger partial charge >= 0.3 is 0 Å². The number of rotatable bonds is 6. The van der Waals surface area contributed by atoms with Gasteiger partial charge in [-0.3, -0.25) is 4.79 Å². The van der Waals surface area contributed by atoms with Crippen LogP contribution in [0.25, 0.3) is 16.5 Å². The second kappa shape index (κ2) is 10.3. The molecule has 1 amide bonds.